The first-order chi connectivity index (χ1) is 12.3. The molecule has 1 heterocycles. The fourth-order valence-corrected chi connectivity index (χ4v) is 6.74. The smallest absolute Gasteiger partial charge is 0.188 e. The Morgan fingerprint density at radius 1 is 1.19 bits per heavy atom. The average molecular weight is 421 g/mol. The normalized spacial score (nSPS) is 13.2. The van der Waals surface area contributed by atoms with E-state index in [1.165, 1.54) is 5.19 Å². The number of rotatable bonds is 6. The lowest BCUT2D eigenvalue weighted by atomic mass is 10.2. The topological polar surface area (TPSA) is 27.1 Å². The molecule has 0 saturated carbocycles. The van der Waals surface area contributed by atoms with Crippen molar-refractivity contribution in [3.8, 4) is 12.3 Å². The van der Waals surface area contributed by atoms with E-state index >= 15 is 0 Å². The molecule has 2 rings (SSSR count). The second kappa shape index (κ2) is 7.75. The van der Waals surface area contributed by atoms with E-state index in [-0.39, 0.29) is 5.04 Å². The van der Waals surface area contributed by atoms with Gasteiger partial charge in [0.25, 0.3) is 0 Å². The molecule has 0 aliphatic carbocycles. The van der Waals surface area contributed by atoms with E-state index in [9.17, 15) is 0 Å². The van der Waals surface area contributed by atoms with Gasteiger partial charge in [-0.2, -0.15) is 0 Å². The molecule has 1 aromatic heterocycles. The third-order valence-corrected chi connectivity index (χ3v) is 13.4. The number of nitrogens with zero attached hydrogens (tertiary/aromatic N) is 2. The van der Waals surface area contributed by atoms with E-state index in [0.717, 1.165) is 28.7 Å². The molecule has 0 radical (unpaired) electrons. The Kier molecular flexibility index (Phi) is 6.38. The highest BCUT2D eigenvalue weighted by Crippen LogP contribution is 2.38. The molecule has 0 aliphatic rings. The lowest BCUT2D eigenvalue weighted by Gasteiger charge is -2.38. The van der Waals surface area contributed by atoms with Crippen LogP contribution in [0.5, 0.6) is 0 Å². The summed E-state index contributed by atoms with van der Waals surface area (Å²) in [5.74, 6) is 3.34. The highest BCUT2D eigenvalue weighted by atomic mass is 35.5. The number of terminal acetylenes is 1. The molecule has 0 bridgehead atoms. The molecule has 0 unspecified atom stereocenters. The zero-order chi connectivity index (χ0) is 20.6. The highest BCUT2D eigenvalue weighted by Gasteiger charge is 2.40. The number of imidazole rings is 1. The van der Waals surface area contributed by atoms with Gasteiger partial charge in [0.2, 0.25) is 0 Å². The SMILES string of the molecule is C#Cc1nc2c([Si](C)(C)C(C)(C)C)c(Cl)ccc2n1COCC[Si](C)(C)C. The zero-order valence-electron chi connectivity index (χ0n) is 18.0. The number of hydrogen-bond donors (Lipinski definition) is 0. The molecule has 1 aromatic carbocycles. The Bertz CT molecular complexity index is 867. The summed E-state index contributed by atoms with van der Waals surface area (Å²) < 4.78 is 7.97. The number of fused-ring (bicyclic) bond motifs is 1. The minimum Gasteiger partial charge on any atom is -0.361 e. The van der Waals surface area contributed by atoms with E-state index < -0.39 is 16.1 Å². The predicted octanol–water partition coefficient (Wildman–Crippen LogP) is 5.70. The largest absolute Gasteiger partial charge is 0.361 e. The number of hydrogen-bond acceptors (Lipinski definition) is 2. The molecule has 0 spiro atoms. The van der Waals surface area contributed by atoms with Crippen molar-refractivity contribution in [3.63, 3.8) is 0 Å². The number of halogens is 1. The summed E-state index contributed by atoms with van der Waals surface area (Å²) in [5, 5.41) is 2.13. The van der Waals surface area contributed by atoms with Crippen molar-refractivity contribution >= 4 is 44.0 Å². The molecule has 0 fully saturated rings. The summed E-state index contributed by atoms with van der Waals surface area (Å²) in [6, 6.07) is 5.14. The van der Waals surface area contributed by atoms with Gasteiger partial charge in [-0.25, -0.2) is 4.98 Å². The molecule has 27 heavy (non-hydrogen) atoms. The third-order valence-electron chi connectivity index (χ3n) is 5.72. The minimum atomic E-state index is -1.89. The van der Waals surface area contributed by atoms with Crippen LogP contribution >= 0.6 is 11.6 Å². The van der Waals surface area contributed by atoms with Gasteiger partial charge < -0.3 is 4.74 Å². The molecular weight excluding hydrogens is 388 g/mol. The molecule has 0 saturated heterocycles. The van der Waals surface area contributed by atoms with E-state index in [1.807, 2.05) is 16.7 Å². The van der Waals surface area contributed by atoms with Crippen LogP contribution in [0.3, 0.4) is 0 Å². The van der Waals surface area contributed by atoms with Crippen LogP contribution < -0.4 is 5.19 Å². The molecule has 148 valence electrons. The summed E-state index contributed by atoms with van der Waals surface area (Å²) >= 11 is 6.68. The quantitative estimate of drug-likeness (QED) is 0.340. The van der Waals surface area contributed by atoms with Gasteiger partial charge >= 0.3 is 0 Å². The Hall–Kier alpha value is -1.07. The standard InChI is InChI=1S/C21H33ClN2OSi2/c1-10-18-23-19-17(24(18)15-25-13-14-26(5,6)7)12-11-16(22)20(19)27(8,9)21(2,3)4/h1,11-12H,13-15H2,2-9H3. The van der Waals surface area contributed by atoms with Crippen LogP contribution in [-0.2, 0) is 11.5 Å². The Morgan fingerprint density at radius 2 is 1.81 bits per heavy atom. The van der Waals surface area contributed by atoms with Crippen molar-refractivity contribution in [2.75, 3.05) is 6.61 Å². The van der Waals surface area contributed by atoms with Crippen LogP contribution in [0, 0.1) is 12.3 Å². The van der Waals surface area contributed by atoms with Crippen LogP contribution in [-0.4, -0.2) is 32.3 Å². The van der Waals surface area contributed by atoms with E-state index in [4.69, 9.17) is 27.7 Å². The number of ether oxygens (including phenoxy) is 1. The first-order valence-electron chi connectivity index (χ1n) is 9.53. The minimum absolute atomic E-state index is 0.152. The van der Waals surface area contributed by atoms with Crippen LogP contribution in [0.1, 0.15) is 26.6 Å². The van der Waals surface area contributed by atoms with E-state index in [1.54, 1.807) is 0 Å². The molecule has 0 N–H and O–H groups in total. The second-order valence-electron chi connectivity index (χ2n) is 10.0. The summed E-state index contributed by atoms with van der Waals surface area (Å²) in [5.41, 5.74) is 1.95. The molecule has 3 nitrogen and oxygen atoms in total. The predicted molar refractivity (Wildman–Crippen MR) is 124 cm³/mol. The van der Waals surface area contributed by atoms with Gasteiger partial charge in [0, 0.05) is 19.7 Å². The Balaban J connectivity index is 2.50. The van der Waals surface area contributed by atoms with Gasteiger partial charge in [0.1, 0.15) is 6.73 Å². The van der Waals surface area contributed by atoms with Crippen molar-refractivity contribution in [2.24, 2.45) is 0 Å². The lowest BCUT2D eigenvalue weighted by Crippen LogP contribution is -2.50. The van der Waals surface area contributed by atoms with Gasteiger partial charge in [-0.3, -0.25) is 4.57 Å². The van der Waals surface area contributed by atoms with Gasteiger partial charge in [-0.15, -0.1) is 6.42 Å². The van der Waals surface area contributed by atoms with Gasteiger partial charge in [0.15, 0.2) is 5.82 Å². The molecule has 6 heteroatoms. The van der Waals surface area contributed by atoms with Crippen LogP contribution in [0.15, 0.2) is 12.1 Å². The molecular formula is C21H33ClN2OSi2. The maximum absolute atomic E-state index is 6.68. The highest BCUT2D eigenvalue weighted by molar-refractivity contribution is 6.94. The molecule has 0 aliphatic heterocycles. The van der Waals surface area contributed by atoms with Crippen molar-refractivity contribution in [1.29, 1.82) is 0 Å². The maximum atomic E-state index is 6.68. The molecule has 0 amide bonds. The molecule has 2 aromatic rings. The first kappa shape index (κ1) is 22.2. The Labute approximate surface area is 171 Å². The fraction of sp³-hybridized carbons (Fsp3) is 0.571. The number of aromatic nitrogens is 2. The summed E-state index contributed by atoms with van der Waals surface area (Å²) in [6.07, 6.45) is 5.77. The third kappa shape index (κ3) is 4.68. The summed E-state index contributed by atoms with van der Waals surface area (Å²) in [7, 11) is -3.01. The fourth-order valence-electron chi connectivity index (χ4n) is 2.91. The lowest BCUT2D eigenvalue weighted by molar-refractivity contribution is 0.0893. The molecule has 0 atom stereocenters. The van der Waals surface area contributed by atoms with Crippen molar-refractivity contribution in [3.05, 3.63) is 23.0 Å². The van der Waals surface area contributed by atoms with Gasteiger partial charge in [-0.1, -0.05) is 65.1 Å². The maximum Gasteiger partial charge on any atom is 0.188 e. The number of benzene rings is 1. The van der Waals surface area contributed by atoms with Crippen LogP contribution in [0.4, 0.5) is 0 Å². The van der Waals surface area contributed by atoms with E-state index in [0.29, 0.717) is 12.6 Å². The van der Waals surface area contributed by atoms with Gasteiger partial charge in [0.05, 0.1) is 19.1 Å². The van der Waals surface area contributed by atoms with Crippen molar-refractivity contribution in [2.45, 2.75) is 71.3 Å². The first-order valence-corrected chi connectivity index (χ1v) is 16.6. The van der Waals surface area contributed by atoms with Crippen molar-refractivity contribution < 1.29 is 4.74 Å². The Morgan fingerprint density at radius 3 is 2.33 bits per heavy atom. The van der Waals surface area contributed by atoms with Crippen molar-refractivity contribution in [1.82, 2.24) is 9.55 Å². The van der Waals surface area contributed by atoms with E-state index in [2.05, 4.69) is 59.4 Å². The average Bonchev–Trinajstić information content (AvgIpc) is 2.86. The van der Waals surface area contributed by atoms with Crippen LogP contribution in [0.25, 0.3) is 11.0 Å². The van der Waals surface area contributed by atoms with Gasteiger partial charge in [-0.05, 0) is 34.3 Å². The summed E-state index contributed by atoms with van der Waals surface area (Å²) in [6.45, 7) is 19.8. The monoisotopic (exact) mass is 420 g/mol. The summed E-state index contributed by atoms with van der Waals surface area (Å²) in [4.78, 5) is 4.81. The second-order valence-corrected chi connectivity index (χ2v) is 21.3. The van der Waals surface area contributed by atoms with Crippen LogP contribution in [0.2, 0.25) is 48.8 Å². The zero-order valence-corrected chi connectivity index (χ0v) is 20.8.